The molecule has 2 aromatic rings. The van der Waals surface area contributed by atoms with Gasteiger partial charge in [-0.1, -0.05) is 46.6 Å². The van der Waals surface area contributed by atoms with Gasteiger partial charge in [-0.2, -0.15) is 5.26 Å². The number of methoxy groups -OCH3 is 1. The van der Waals surface area contributed by atoms with Crippen LogP contribution in [0.2, 0.25) is 5.02 Å². The second kappa shape index (κ2) is 8.94. The van der Waals surface area contributed by atoms with Gasteiger partial charge in [-0.05, 0) is 54.8 Å². The zero-order valence-electron chi connectivity index (χ0n) is 14.3. The maximum atomic E-state index is 9.49. The molecule has 0 aromatic heterocycles. The van der Waals surface area contributed by atoms with Crippen molar-refractivity contribution < 1.29 is 9.47 Å². The molecule has 0 saturated carbocycles. The van der Waals surface area contributed by atoms with Crippen molar-refractivity contribution in [2.45, 2.75) is 26.4 Å². The highest BCUT2D eigenvalue weighted by molar-refractivity contribution is 9.10. The molecule has 1 atom stereocenters. The largest absolute Gasteiger partial charge is 0.493 e. The summed E-state index contributed by atoms with van der Waals surface area (Å²) in [6, 6.07) is 13.4. The molecule has 5 heteroatoms. The molecule has 0 fully saturated rings. The van der Waals surface area contributed by atoms with E-state index in [4.69, 9.17) is 21.1 Å². The van der Waals surface area contributed by atoms with E-state index in [1.54, 1.807) is 19.3 Å². The highest BCUT2D eigenvalue weighted by atomic mass is 79.9. The fraction of sp³-hybridized carbons (Fsp3) is 0.250. The van der Waals surface area contributed by atoms with Crippen LogP contribution in [0.5, 0.6) is 11.5 Å². The van der Waals surface area contributed by atoms with Crippen molar-refractivity contribution in [3.8, 4) is 17.6 Å². The molecule has 0 bridgehead atoms. The molecule has 0 spiro atoms. The van der Waals surface area contributed by atoms with E-state index in [1.165, 1.54) is 0 Å². The smallest absolute Gasteiger partial charge is 0.180 e. The molecule has 0 saturated heterocycles. The molecule has 130 valence electrons. The van der Waals surface area contributed by atoms with E-state index >= 15 is 0 Å². The molecule has 25 heavy (non-hydrogen) atoms. The van der Waals surface area contributed by atoms with Gasteiger partial charge in [0, 0.05) is 4.47 Å². The predicted octanol–water partition coefficient (Wildman–Crippen LogP) is 6.35. The molecule has 2 aromatic carbocycles. The number of nitriles is 1. The molecule has 3 nitrogen and oxygen atoms in total. The van der Waals surface area contributed by atoms with Gasteiger partial charge < -0.3 is 9.47 Å². The standard InChI is InChI=1S/C20H19BrClNO2/c1-4-13(2)25-20-18(22)10-14(11-19(20)24-3)9-16(12-23)15-5-7-17(21)8-6-15/h5-11,13H,4H2,1-3H3/b16-9+/t13-/m1/s1. The minimum Gasteiger partial charge on any atom is -0.493 e. The molecule has 0 heterocycles. The minimum atomic E-state index is 0.0326. The van der Waals surface area contributed by atoms with Crippen LogP contribution in [0.1, 0.15) is 31.4 Å². The van der Waals surface area contributed by atoms with Crippen LogP contribution in [0.25, 0.3) is 11.6 Å². The van der Waals surface area contributed by atoms with Gasteiger partial charge in [0.1, 0.15) is 0 Å². The summed E-state index contributed by atoms with van der Waals surface area (Å²) in [5.41, 5.74) is 2.15. The summed E-state index contributed by atoms with van der Waals surface area (Å²) in [6.07, 6.45) is 2.68. The number of benzene rings is 2. The number of ether oxygens (including phenoxy) is 2. The summed E-state index contributed by atoms with van der Waals surface area (Å²) in [6.45, 7) is 4.02. The Morgan fingerprint density at radius 2 is 2.00 bits per heavy atom. The minimum absolute atomic E-state index is 0.0326. The lowest BCUT2D eigenvalue weighted by atomic mass is 10.0. The molecule has 0 aliphatic heterocycles. The third kappa shape index (κ3) is 5.01. The third-order valence-corrected chi connectivity index (χ3v) is 4.54. The van der Waals surface area contributed by atoms with Gasteiger partial charge >= 0.3 is 0 Å². The summed E-state index contributed by atoms with van der Waals surface area (Å²) in [7, 11) is 1.57. The second-order valence-electron chi connectivity index (χ2n) is 5.55. The summed E-state index contributed by atoms with van der Waals surface area (Å²) in [4.78, 5) is 0. The maximum absolute atomic E-state index is 9.49. The number of nitrogens with zero attached hydrogens (tertiary/aromatic N) is 1. The van der Waals surface area contributed by atoms with Crippen molar-refractivity contribution in [2.24, 2.45) is 0 Å². The van der Waals surface area contributed by atoms with Crippen LogP contribution < -0.4 is 9.47 Å². The van der Waals surface area contributed by atoms with E-state index < -0.39 is 0 Å². The Morgan fingerprint density at radius 1 is 1.32 bits per heavy atom. The molecular weight excluding hydrogens is 402 g/mol. The predicted molar refractivity (Wildman–Crippen MR) is 106 cm³/mol. The van der Waals surface area contributed by atoms with Crippen molar-refractivity contribution >= 4 is 39.2 Å². The number of hydrogen-bond donors (Lipinski definition) is 0. The van der Waals surface area contributed by atoms with E-state index in [0.29, 0.717) is 22.1 Å². The Bertz CT molecular complexity index is 810. The van der Waals surface area contributed by atoms with Gasteiger partial charge in [0.25, 0.3) is 0 Å². The first-order valence-corrected chi connectivity index (χ1v) is 9.07. The Morgan fingerprint density at radius 3 is 2.56 bits per heavy atom. The van der Waals surface area contributed by atoms with Crippen LogP contribution >= 0.6 is 27.5 Å². The maximum Gasteiger partial charge on any atom is 0.180 e. The molecule has 2 rings (SSSR count). The number of allylic oxidation sites excluding steroid dienone is 1. The van der Waals surface area contributed by atoms with Gasteiger partial charge in [-0.3, -0.25) is 0 Å². The number of hydrogen-bond acceptors (Lipinski definition) is 3. The highest BCUT2D eigenvalue weighted by Crippen LogP contribution is 2.38. The Hall–Kier alpha value is -1.96. The van der Waals surface area contributed by atoms with Crippen molar-refractivity contribution in [1.29, 1.82) is 5.26 Å². The number of halogens is 2. The van der Waals surface area contributed by atoms with Gasteiger partial charge in [0.2, 0.25) is 0 Å². The first-order chi connectivity index (χ1) is 12.0. The average molecular weight is 421 g/mol. The van der Waals surface area contributed by atoms with Gasteiger partial charge in [-0.15, -0.1) is 0 Å². The van der Waals surface area contributed by atoms with E-state index in [1.807, 2.05) is 44.2 Å². The lowest BCUT2D eigenvalue weighted by Crippen LogP contribution is -2.11. The van der Waals surface area contributed by atoms with Gasteiger partial charge in [-0.25, -0.2) is 0 Å². The van der Waals surface area contributed by atoms with Crippen LogP contribution in [0, 0.1) is 11.3 Å². The molecule has 0 N–H and O–H groups in total. The van der Waals surface area contributed by atoms with E-state index in [9.17, 15) is 5.26 Å². The normalized spacial score (nSPS) is 12.4. The van der Waals surface area contributed by atoms with Crippen LogP contribution in [0.3, 0.4) is 0 Å². The van der Waals surface area contributed by atoms with Crippen LogP contribution in [-0.4, -0.2) is 13.2 Å². The lowest BCUT2D eigenvalue weighted by molar-refractivity contribution is 0.208. The second-order valence-corrected chi connectivity index (χ2v) is 6.87. The van der Waals surface area contributed by atoms with Crippen LogP contribution in [-0.2, 0) is 0 Å². The Balaban J connectivity index is 2.43. The summed E-state index contributed by atoms with van der Waals surface area (Å²) >= 11 is 9.78. The monoisotopic (exact) mass is 419 g/mol. The highest BCUT2D eigenvalue weighted by Gasteiger charge is 2.14. The van der Waals surface area contributed by atoms with Gasteiger partial charge in [0.05, 0.1) is 29.9 Å². The Labute approximate surface area is 162 Å². The SMILES string of the molecule is CC[C@@H](C)Oc1c(Cl)cc(/C=C(\C#N)c2ccc(Br)cc2)cc1OC. The van der Waals surface area contributed by atoms with Crippen molar-refractivity contribution in [3.05, 3.63) is 57.0 Å². The summed E-state index contributed by atoms with van der Waals surface area (Å²) in [5, 5.41) is 9.95. The molecule has 0 aliphatic carbocycles. The summed E-state index contributed by atoms with van der Waals surface area (Å²) < 4.78 is 12.2. The first-order valence-electron chi connectivity index (χ1n) is 7.90. The number of rotatable bonds is 6. The molecular formula is C20H19BrClNO2. The molecule has 0 aliphatic rings. The van der Waals surface area contributed by atoms with E-state index in [0.717, 1.165) is 22.0 Å². The summed E-state index contributed by atoms with van der Waals surface area (Å²) in [5.74, 6) is 1.07. The zero-order chi connectivity index (χ0) is 18.4. The fourth-order valence-electron chi connectivity index (χ4n) is 2.20. The van der Waals surface area contributed by atoms with Gasteiger partial charge in [0.15, 0.2) is 11.5 Å². The lowest BCUT2D eigenvalue weighted by Gasteiger charge is -2.17. The Kier molecular flexibility index (Phi) is 6.92. The topological polar surface area (TPSA) is 42.2 Å². The van der Waals surface area contributed by atoms with Crippen molar-refractivity contribution in [2.75, 3.05) is 7.11 Å². The van der Waals surface area contributed by atoms with E-state index in [2.05, 4.69) is 22.0 Å². The molecule has 0 amide bonds. The van der Waals surface area contributed by atoms with Crippen LogP contribution in [0.15, 0.2) is 40.9 Å². The molecule has 0 radical (unpaired) electrons. The first kappa shape index (κ1) is 19.4. The quantitative estimate of drug-likeness (QED) is 0.404. The van der Waals surface area contributed by atoms with Crippen LogP contribution in [0.4, 0.5) is 0 Å². The third-order valence-electron chi connectivity index (χ3n) is 3.73. The van der Waals surface area contributed by atoms with Crippen molar-refractivity contribution in [3.63, 3.8) is 0 Å². The molecule has 0 unspecified atom stereocenters. The van der Waals surface area contributed by atoms with E-state index in [-0.39, 0.29) is 6.10 Å². The zero-order valence-corrected chi connectivity index (χ0v) is 16.7. The van der Waals surface area contributed by atoms with Crippen molar-refractivity contribution in [1.82, 2.24) is 0 Å². The fourth-order valence-corrected chi connectivity index (χ4v) is 2.73. The average Bonchev–Trinajstić information content (AvgIpc) is 2.62.